The number of nitrogens with zero attached hydrogens (tertiary/aromatic N) is 5. The molecule has 0 amide bonds. The van der Waals surface area contributed by atoms with Crippen molar-refractivity contribution < 1.29 is 14.6 Å². The summed E-state index contributed by atoms with van der Waals surface area (Å²) in [5, 5.41) is 16.9. The van der Waals surface area contributed by atoms with Crippen LogP contribution in [0.3, 0.4) is 0 Å². The molecular weight excluding hydrogens is 570 g/mol. The summed E-state index contributed by atoms with van der Waals surface area (Å²) >= 11 is 7.65. The molecule has 212 valence electrons. The highest BCUT2D eigenvalue weighted by Gasteiger charge is 2.32. The second-order valence-corrected chi connectivity index (χ2v) is 12.5. The fraction of sp³-hybridized carbons (Fsp3) is 0.219. The number of carbonyl (C=O) groups is 1. The fourth-order valence-corrected chi connectivity index (χ4v) is 6.27. The zero-order chi connectivity index (χ0) is 29.8. The molecule has 8 nitrogen and oxygen atoms in total. The number of aromatic nitrogens is 5. The Bertz CT molecular complexity index is 1980. The maximum atomic E-state index is 12.6. The van der Waals surface area contributed by atoms with Gasteiger partial charge in [0.15, 0.2) is 16.9 Å². The first kappa shape index (κ1) is 28.0. The van der Waals surface area contributed by atoms with Crippen molar-refractivity contribution in [3.05, 3.63) is 83.1 Å². The molecule has 3 heterocycles. The van der Waals surface area contributed by atoms with Gasteiger partial charge >= 0.3 is 5.97 Å². The highest BCUT2D eigenvalue weighted by Crippen LogP contribution is 2.44. The van der Waals surface area contributed by atoms with Crippen LogP contribution in [-0.4, -0.2) is 41.4 Å². The second-order valence-electron chi connectivity index (χ2n) is 11.1. The van der Waals surface area contributed by atoms with Gasteiger partial charge in [-0.15, -0.1) is 11.3 Å². The van der Waals surface area contributed by atoms with E-state index in [1.54, 1.807) is 18.3 Å². The molecule has 1 atom stereocenters. The fourth-order valence-electron chi connectivity index (χ4n) is 5.08. The molecule has 0 saturated carbocycles. The molecule has 0 saturated heterocycles. The van der Waals surface area contributed by atoms with E-state index in [1.165, 1.54) is 11.3 Å². The van der Waals surface area contributed by atoms with E-state index in [0.717, 1.165) is 49.1 Å². The summed E-state index contributed by atoms with van der Waals surface area (Å²) in [5.41, 5.74) is 5.72. The molecule has 0 aliphatic rings. The van der Waals surface area contributed by atoms with Crippen molar-refractivity contribution >= 4 is 50.0 Å². The van der Waals surface area contributed by atoms with Gasteiger partial charge in [-0.2, -0.15) is 5.10 Å². The van der Waals surface area contributed by atoms with Crippen molar-refractivity contribution in [2.45, 2.75) is 39.4 Å². The molecular formula is C32H28ClN5O3S. The Morgan fingerprint density at radius 3 is 2.50 bits per heavy atom. The summed E-state index contributed by atoms with van der Waals surface area (Å²) in [6.45, 7) is 7.43. The number of aliphatic carboxylic acids is 1. The molecule has 1 N–H and O–H groups in total. The van der Waals surface area contributed by atoms with Crippen LogP contribution in [0.5, 0.6) is 0 Å². The third kappa shape index (κ3) is 5.27. The minimum atomic E-state index is -1.19. The minimum absolute atomic E-state index is 0.488. The number of carboxylic acids is 1. The average molecular weight is 598 g/mol. The molecule has 0 unspecified atom stereocenters. The summed E-state index contributed by atoms with van der Waals surface area (Å²) in [4.78, 5) is 26.9. The highest BCUT2D eigenvalue weighted by atomic mass is 35.5. The monoisotopic (exact) mass is 597 g/mol. The molecule has 6 rings (SSSR count). The maximum absolute atomic E-state index is 12.6. The van der Waals surface area contributed by atoms with E-state index in [0.29, 0.717) is 21.4 Å². The number of ether oxygens (including phenoxy) is 1. The number of carboxylic acid groups (broad SMARTS) is 1. The van der Waals surface area contributed by atoms with Gasteiger partial charge in [0.2, 0.25) is 0 Å². The number of fused-ring (bicyclic) bond motifs is 2. The standard InChI is InChI=1S/C32H28ClN5O3S/c1-17-14-23-28(26(18-6-9-21(33)10-7-18)25(17)27(31(39)40)41-32(2,3)4)42-30(37-23)29-34-13-12-22(36-29)19-8-11-24-20(15-19)16-35-38(24)5/h6-16,27H,1-5H3,(H,39,40)/t27-/m0/s1. The third-order valence-electron chi connectivity index (χ3n) is 6.91. The van der Waals surface area contributed by atoms with Gasteiger partial charge in [0, 0.05) is 40.3 Å². The second kappa shape index (κ2) is 10.6. The van der Waals surface area contributed by atoms with Gasteiger partial charge < -0.3 is 9.84 Å². The van der Waals surface area contributed by atoms with Gasteiger partial charge in [-0.05, 0) is 75.2 Å². The first-order valence-corrected chi connectivity index (χ1v) is 14.5. The smallest absolute Gasteiger partial charge is 0.337 e. The number of hydrogen-bond donors (Lipinski definition) is 1. The summed E-state index contributed by atoms with van der Waals surface area (Å²) in [7, 11) is 1.91. The molecule has 6 aromatic rings. The Labute approximate surface area is 251 Å². The normalized spacial score (nSPS) is 12.7. The van der Waals surface area contributed by atoms with E-state index in [1.807, 2.05) is 82.0 Å². The van der Waals surface area contributed by atoms with E-state index in [2.05, 4.69) is 16.1 Å². The van der Waals surface area contributed by atoms with Gasteiger partial charge in [-0.3, -0.25) is 4.68 Å². The first-order chi connectivity index (χ1) is 20.0. The van der Waals surface area contributed by atoms with Crippen molar-refractivity contribution in [2.24, 2.45) is 7.05 Å². The van der Waals surface area contributed by atoms with Crippen molar-refractivity contribution in [3.63, 3.8) is 0 Å². The molecule has 3 aromatic heterocycles. The number of benzene rings is 3. The van der Waals surface area contributed by atoms with Crippen molar-refractivity contribution in [1.82, 2.24) is 24.7 Å². The van der Waals surface area contributed by atoms with Crippen LogP contribution in [-0.2, 0) is 16.6 Å². The van der Waals surface area contributed by atoms with Crippen molar-refractivity contribution in [3.8, 4) is 33.2 Å². The number of aryl methyl sites for hydroxylation is 2. The Hall–Kier alpha value is -4.18. The molecule has 0 aliphatic carbocycles. The van der Waals surface area contributed by atoms with Gasteiger partial charge in [-0.25, -0.2) is 19.7 Å². The van der Waals surface area contributed by atoms with E-state index >= 15 is 0 Å². The largest absolute Gasteiger partial charge is 0.479 e. The first-order valence-electron chi connectivity index (χ1n) is 13.3. The van der Waals surface area contributed by atoms with Gasteiger partial charge in [0.05, 0.1) is 33.2 Å². The summed E-state index contributed by atoms with van der Waals surface area (Å²) < 4.78 is 8.77. The zero-order valence-corrected chi connectivity index (χ0v) is 25.3. The Kier molecular flexibility index (Phi) is 7.04. The van der Waals surface area contributed by atoms with Crippen LogP contribution in [0.2, 0.25) is 5.02 Å². The van der Waals surface area contributed by atoms with Crippen LogP contribution in [0.4, 0.5) is 0 Å². The molecule has 0 bridgehead atoms. The lowest BCUT2D eigenvalue weighted by Gasteiger charge is -2.28. The van der Waals surface area contributed by atoms with Crippen LogP contribution in [0.1, 0.15) is 38.0 Å². The molecule has 10 heteroatoms. The molecule has 3 aromatic carbocycles. The maximum Gasteiger partial charge on any atom is 0.337 e. The van der Waals surface area contributed by atoms with E-state index in [4.69, 9.17) is 26.3 Å². The Morgan fingerprint density at radius 2 is 1.79 bits per heavy atom. The van der Waals surface area contributed by atoms with Gasteiger partial charge in [0.1, 0.15) is 0 Å². The summed E-state index contributed by atoms with van der Waals surface area (Å²) in [6, 6.07) is 17.3. The molecule has 42 heavy (non-hydrogen) atoms. The Balaban J connectivity index is 1.53. The highest BCUT2D eigenvalue weighted by molar-refractivity contribution is 7.22. The number of halogens is 1. The van der Waals surface area contributed by atoms with Crippen molar-refractivity contribution in [1.29, 1.82) is 0 Å². The lowest BCUT2D eigenvalue weighted by atomic mass is 9.91. The van der Waals surface area contributed by atoms with Crippen LogP contribution in [0.25, 0.3) is 54.3 Å². The average Bonchev–Trinajstić information content (AvgIpc) is 3.54. The molecule has 0 spiro atoms. The van der Waals surface area contributed by atoms with Crippen LogP contribution in [0, 0.1) is 6.92 Å². The number of thiazole rings is 1. The lowest BCUT2D eigenvalue weighted by Crippen LogP contribution is -2.28. The van der Waals surface area contributed by atoms with Crippen molar-refractivity contribution in [2.75, 3.05) is 0 Å². The van der Waals surface area contributed by atoms with E-state index < -0.39 is 17.7 Å². The molecule has 0 radical (unpaired) electrons. The molecule has 0 fully saturated rings. The predicted octanol–water partition coefficient (Wildman–Crippen LogP) is 7.88. The minimum Gasteiger partial charge on any atom is -0.479 e. The third-order valence-corrected chi connectivity index (χ3v) is 8.24. The van der Waals surface area contributed by atoms with Gasteiger partial charge in [0.25, 0.3) is 0 Å². The van der Waals surface area contributed by atoms with Crippen LogP contribution >= 0.6 is 22.9 Å². The molecule has 0 aliphatic heterocycles. The quantitative estimate of drug-likeness (QED) is 0.208. The lowest BCUT2D eigenvalue weighted by molar-refractivity contribution is -0.160. The van der Waals surface area contributed by atoms with Gasteiger partial charge in [-0.1, -0.05) is 29.8 Å². The van der Waals surface area contributed by atoms with Crippen LogP contribution < -0.4 is 0 Å². The van der Waals surface area contributed by atoms with Crippen LogP contribution in [0.15, 0.2) is 67.0 Å². The zero-order valence-electron chi connectivity index (χ0n) is 23.7. The number of hydrogen-bond acceptors (Lipinski definition) is 7. The van der Waals surface area contributed by atoms with E-state index in [-0.39, 0.29) is 0 Å². The summed E-state index contributed by atoms with van der Waals surface area (Å²) in [5.74, 6) is -0.573. The SMILES string of the molecule is Cc1cc2nc(-c3nccc(-c4ccc5c(cnn5C)c4)n3)sc2c(-c2ccc(Cl)cc2)c1[C@H](OC(C)(C)C)C(=O)O. The number of rotatable bonds is 6. The predicted molar refractivity (Wildman–Crippen MR) is 167 cm³/mol. The summed E-state index contributed by atoms with van der Waals surface area (Å²) in [6.07, 6.45) is 2.37. The topological polar surface area (TPSA) is 103 Å². The Morgan fingerprint density at radius 1 is 1.05 bits per heavy atom. The van der Waals surface area contributed by atoms with E-state index in [9.17, 15) is 9.90 Å².